The zero-order chi connectivity index (χ0) is 21.1. The van der Waals surface area contributed by atoms with Gasteiger partial charge in [-0.15, -0.1) is 11.8 Å². The van der Waals surface area contributed by atoms with E-state index in [1.807, 2.05) is 25.1 Å². The van der Waals surface area contributed by atoms with Crippen molar-refractivity contribution in [2.24, 2.45) is 0 Å². The van der Waals surface area contributed by atoms with Gasteiger partial charge >= 0.3 is 0 Å². The van der Waals surface area contributed by atoms with Crippen LogP contribution in [0.15, 0.2) is 82.3 Å². The number of halogens is 1. The Bertz CT molecular complexity index is 1200. The number of rotatable bonds is 6. The van der Waals surface area contributed by atoms with Gasteiger partial charge in [0.25, 0.3) is 0 Å². The van der Waals surface area contributed by atoms with E-state index in [1.54, 1.807) is 11.8 Å². The lowest BCUT2D eigenvalue weighted by atomic mass is 10.1. The maximum Gasteiger partial charge on any atom is 0.234 e. The fourth-order valence-electron chi connectivity index (χ4n) is 3.46. The Kier molecular flexibility index (Phi) is 6.30. The summed E-state index contributed by atoms with van der Waals surface area (Å²) >= 11 is 5.07. The number of para-hydroxylation sites is 1. The third-order valence-electron chi connectivity index (χ3n) is 5.26. The van der Waals surface area contributed by atoms with Gasteiger partial charge in [-0.05, 0) is 54.8 Å². The molecule has 0 radical (unpaired) electrons. The van der Waals surface area contributed by atoms with Gasteiger partial charge in [-0.2, -0.15) is 0 Å². The minimum Gasteiger partial charge on any atom is -0.342 e. The van der Waals surface area contributed by atoms with Crippen molar-refractivity contribution >= 4 is 50.2 Å². The molecule has 1 N–H and O–H groups in total. The normalized spacial score (nSPS) is 11.0. The van der Waals surface area contributed by atoms with E-state index in [9.17, 15) is 4.79 Å². The van der Waals surface area contributed by atoms with Gasteiger partial charge in [0, 0.05) is 38.7 Å². The van der Waals surface area contributed by atoms with Crippen LogP contribution in [0.3, 0.4) is 0 Å². The average molecular weight is 479 g/mol. The molecule has 0 aliphatic heterocycles. The third kappa shape index (κ3) is 4.63. The highest BCUT2D eigenvalue weighted by molar-refractivity contribution is 9.10. The minimum absolute atomic E-state index is 0.0124. The molecule has 0 fully saturated rings. The summed E-state index contributed by atoms with van der Waals surface area (Å²) in [4.78, 5) is 13.7. The lowest BCUT2D eigenvalue weighted by Crippen LogP contribution is -2.15. The fourth-order valence-corrected chi connectivity index (χ4v) is 4.61. The number of hydrogen-bond donors (Lipinski definition) is 1. The Labute approximate surface area is 189 Å². The number of aryl methyl sites for hydroxylation is 1. The molecule has 3 aromatic carbocycles. The molecule has 3 nitrogen and oxygen atoms in total. The van der Waals surface area contributed by atoms with Crippen molar-refractivity contribution in [2.45, 2.75) is 25.3 Å². The predicted octanol–water partition coefficient (Wildman–Crippen LogP) is 6.80. The second-order valence-electron chi connectivity index (χ2n) is 7.35. The van der Waals surface area contributed by atoms with E-state index < -0.39 is 0 Å². The summed E-state index contributed by atoms with van der Waals surface area (Å²) < 4.78 is 3.33. The number of anilines is 1. The van der Waals surface area contributed by atoms with Gasteiger partial charge in [-0.3, -0.25) is 4.79 Å². The molecule has 0 atom stereocenters. The second kappa shape index (κ2) is 9.11. The lowest BCUT2D eigenvalue weighted by molar-refractivity contribution is -0.113. The molecule has 0 unspecified atom stereocenters. The van der Waals surface area contributed by atoms with E-state index in [4.69, 9.17) is 0 Å². The number of carbonyl (C=O) groups excluding carboxylic acids is 1. The Hall–Kier alpha value is -2.50. The SMILES string of the molecule is Cc1cccc(NC(=O)CSc2cn(Cc3ccc(Br)cc3)c3ccccc23)c1C. The number of benzene rings is 3. The van der Waals surface area contributed by atoms with Gasteiger partial charge < -0.3 is 9.88 Å². The molecule has 5 heteroatoms. The first kappa shape index (κ1) is 20.8. The smallest absolute Gasteiger partial charge is 0.234 e. The summed E-state index contributed by atoms with van der Waals surface area (Å²) in [7, 11) is 0. The van der Waals surface area contributed by atoms with Crippen LogP contribution in [-0.2, 0) is 11.3 Å². The van der Waals surface area contributed by atoms with E-state index in [2.05, 4.69) is 87.5 Å². The zero-order valence-corrected chi connectivity index (χ0v) is 19.4. The first-order chi connectivity index (χ1) is 14.5. The lowest BCUT2D eigenvalue weighted by Gasteiger charge is -2.10. The van der Waals surface area contributed by atoms with Crippen LogP contribution in [0.1, 0.15) is 16.7 Å². The van der Waals surface area contributed by atoms with Crippen molar-refractivity contribution in [1.82, 2.24) is 4.57 Å². The number of hydrogen-bond acceptors (Lipinski definition) is 2. The maximum atomic E-state index is 12.6. The Morgan fingerprint density at radius 2 is 1.77 bits per heavy atom. The molecule has 0 saturated heterocycles. The van der Waals surface area contributed by atoms with Crippen molar-refractivity contribution in [3.8, 4) is 0 Å². The molecule has 30 heavy (non-hydrogen) atoms. The van der Waals surface area contributed by atoms with Crippen LogP contribution in [-0.4, -0.2) is 16.2 Å². The number of nitrogens with one attached hydrogen (secondary N) is 1. The number of aromatic nitrogens is 1. The van der Waals surface area contributed by atoms with Crippen LogP contribution in [0.25, 0.3) is 10.9 Å². The standard InChI is InChI=1S/C25H23BrN2OS/c1-17-6-5-8-22(18(17)2)27-25(29)16-30-24-15-28(23-9-4-3-7-21(23)24)14-19-10-12-20(26)13-11-19/h3-13,15H,14,16H2,1-2H3,(H,27,29). The molecular weight excluding hydrogens is 456 g/mol. The van der Waals surface area contributed by atoms with Gasteiger partial charge in [0.05, 0.1) is 5.75 Å². The zero-order valence-electron chi connectivity index (χ0n) is 17.0. The molecule has 4 rings (SSSR count). The number of fused-ring (bicyclic) bond motifs is 1. The average Bonchev–Trinajstić information content (AvgIpc) is 3.09. The molecule has 152 valence electrons. The quantitative estimate of drug-likeness (QED) is 0.309. The number of carbonyl (C=O) groups is 1. The van der Waals surface area contributed by atoms with E-state index in [-0.39, 0.29) is 5.91 Å². The van der Waals surface area contributed by atoms with Crippen LogP contribution in [0.2, 0.25) is 0 Å². The minimum atomic E-state index is 0.0124. The number of amides is 1. The summed E-state index contributed by atoms with van der Waals surface area (Å²) in [5.41, 5.74) is 5.60. The largest absolute Gasteiger partial charge is 0.342 e. The van der Waals surface area contributed by atoms with Crippen LogP contribution in [0.5, 0.6) is 0 Å². The van der Waals surface area contributed by atoms with E-state index in [0.29, 0.717) is 5.75 Å². The molecule has 4 aromatic rings. The van der Waals surface area contributed by atoms with E-state index in [1.165, 1.54) is 22.0 Å². The van der Waals surface area contributed by atoms with Crippen LogP contribution < -0.4 is 5.32 Å². The number of thioether (sulfide) groups is 1. The summed E-state index contributed by atoms with van der Waals surface area (Å²) in [5, 5.41) is 4.23. The van der Waals surface area contributed by atoms with Crippen LogP contribution in [0.4, 0.5) is 5.69 Å². The van der Waals surface area contributed by atoms with Gasteiger partial charge in [0.2, 0.25) is 5.91 Å². The highest BCUT2D eigenvalue weighted by Gasteiger charge is 2.12. The summed E-state index contributed by atoms with van der Waals surface area (Å²) in [6.45, 7) is 4.89. The van der Waals surface area contributed by atoms with Crippen molar-refractivity contribution in [1.29, 1.82) is 0 Å². The highest BCUT2D eigenvalue weighted by atomic mass is 79.9. The molecule has 0 spiro atoms. The van der Waals surface area contributed by atoms with Crippen molar-refractivity contribution < 1.29 is 4.79 Å². The van der Waals surface area contributed by atoms with E-state index in [0.717, 1.165) is 27.2 Å². The molecule has 0 saturated carbocycles. The van der Waals surface area contributed by atoms with Gasteiger partial charge in [-0.1, -0.05) is 58.4 Å². The first-order valence-electron chi connectivity index (χ1n) is 9.82. The van der Waals surface area contributed by atoms with Gasteiger partial charge in [-0.25, -0.2) is 0 Å². The number of nitrogens with zero attached hydrogens (tertiary/aromatic N) is 1. The van der Waals surface area contributed by atoms with Crippen LogP contribution in [0, 0.1) is 13.8 Å². The topological polar surface area (TPSA) is 34.0 Å². The van der Waals surface area contributed by atoms with E-state index >= 15 is 0 Å². The molecular formula is C25H23BrN2OS. The molecule has 1 heterocycles. The van der Waals surface area contributed by atoms with Crippen molar-refractivity contribution in [3.05, 3.63) is 94.1 Å². The summed E-state index contributed by atoms with van der Waals surface area (Å²) in [5.74, 6) is 0.387. The van der Waals surface area contributed by atoms with Gasteiger partial charge in [0.1, 0.15) is 0 Å². The van der Waals surface area contributed by atoms with Crippen molar-refractivity contribution in [2.75, 3.05) is 11.1 Å². The molecule has 1 amide bonds. The van der Waals surface area contributed by atoms with Crippen molar-refractivity contribution in [3.63, 3.8) is 0 Å². The fraction of sp³-hybridized carbons (Fsp3) is 0.160. The Morgan fingerprint density at radius 3 is 2.57 bits per heavy atom. The summed E-state index contributed by atoms with van der Waals surface area (Å²) in [6.07, 6.45) is 2.16. The molecule has 0 aliphatic rings. The van der Waals surface area contributed by atoms with Crippen LogP contribution >= 0.6 is 27.7 Å². The predicted molar refractivity (Wildman–Crippen MR) is 130 cm³/mol. The highest BCUT2D eigenvalue weighted by Crippen LogP contribution is 2.31. The molecule has 0 bridgehead atoms. The van der Waals surface area contributed by atoms with Gasteiger partial charge in [0.15, 0.2) is 0 Å². The Balaban J connectivity index is 1.51. The monoisotopic (exact) mass is 478 g/mol. The second-order valence-corrected chi connectivity index (χ2v) is 9.28. The first-order valence-corrected chi connectivity index (χ1v) is 11.6. The Morgan fingerprint density at radius 1 is 1.00 bits per heavy atom. The molecule has 1 aromatic heterocycles. The third-order valence-corrected chi connectivity index (χ3v) is 6.83. The summed E-state index contributed by atoms with van der Waals surface area (Å²) in [6, 6.07) is 22.7. The molecule has 0 aliphatic carbocycles. The maximum absolute atomic E-state index is 12.6.